The number of likely N-dealkylation sites (N-methyl/N-ethyl adjacent to an activating group) is 1. The molecule has 0 spiro atoms. The Morgan fingerprint density at radius 3 is 2.50 bits per heavy atom. The van der Waals surface area contributed by atoms with Crippen LogP contribution in [0.4, 0.5) is 0 Å². The number of thiophene rings is 1. The largest absolute Gasteiger partial charge is 0.312 e. The van der Waals surface area contributed by atoms with Crippen molar-refractivity contribution in [2.75, 3.05) is 19.6 Å². The van der Waals surface area contributed by atoms with Crippen LogP contribution < -0.4 is 5.32 Å². The van der Waals surface area contributed by atoms with Crippen molar-refractivity contribution in [3.05, 3.63) is 22.4 Å². The molecule has 1 aromatic heterocycles. The van der Waals surface area contributed by atoms with E-state index in [1.165, 1.54) is 44.3 Å². The molecule has 0 aromatic carbocycles. The van der Waals surface area contributed by atoms with Crippen LogP contribution in [0, 0.1) is 0 Å². The summed E-state index contributed by atoms with van der Waals surface area (Å²) >= 11 is 1.81. The maximum Gasteiger partial charge on any atom is 0.0309 e. The SMILES string of the molecule is CCNC(Cc1ccsc1)C(C)(C)N1CCCCCC1. The Kier molecular flexibility index (Phi) is 6.06. The first-order chi connectivity index (χ1) is 9.64. The first-order valence-electron chi connectivity index (χ1n) is 8.14. The van der Waals surface area contributed by atoms with Crippen LogP contribution in [0.25, 0.3) is 0 Å². The van der Waals surface area contributed by atoms with Gasteiger partial charge in [0.1, 0.15) is 0 Å². The van der Waals surface area contributed by atoms with Crippen molar-refractivity contribution < 1.29 is 0 Å². The molecular weight excluding hydrogens is 264 g/mol. The number of likely N-dealkylation sites (tertiary alicyclic amines) is 1. The fourth-order valence-corrected chi connectivity index (χ4v) is 4.01. The summed E-state index contributed by atoms with van der Waals surface area (Å²) in [4.78, 5) is 2.72. The number of hydrogen-bond acceptors (Lipinski definition) is 3. The lowest BCUT2D eigenvalue weighted by Gasteiger charge is -2.44. The molecule has 0 aliphatic carbocycles. The van der Waals surface area contributed by atoms with Gasteiger partial charge in [-0.05, 0) is 75.1 Å². The minimum Gasteiger partial charge on any atom is -0.312 e. The van der Waals surface area contributed by atoms with E-state index in [0.717, 1.165) is 13.0 Å². The van der Waals surface area contributed by atoms with E-state index in [1.54, 1.807) is 0 Å². The second-order valence-electron chi connectivity index (χ2n) is 6.50. The molecule has 0 radical (unpaired) electrons. The number of nitrogens with one attached hydrogen (secondary N) is 1. The molecule has 1 aliphatic heterocycles. The van der Waals surface area contributed by atoms with E-state index in [4.69, 9.17) is 0 Å². The van der Waals surface area contributed by atoms with Gasteiger partial charge in [0.05, 0.1) is 0 Å². The van der Waals surface area contributed by atoms with E-state index in [2.05, 4.69) is 47.8 Å². The maximum atomic E-state index is 3.74. The predicted molar refractivity (Wildman–Crippen MR) is 89.6 cm³/mol. The lowest BCUT2D eigenvalue weighted by molar-refractivity contribution is 0.0841. The molecule has 2 rings (SSSR count). The third-order valence-electron chi connectivity index (χ3n) is 4.74. The van der Waals surface area contributed by atoms with Crippen LogP contribution in [0.3, 0.4) is 0 Å². The fourth-order valence-electron chi connectivity index (χ4n) is 3.33. The van der Waals surface area contributed by atoms with Crippen LogP contribution in [0.1, 0.15) is 52.0 Å². The van der Waals surface area contributed by atoms with Crippen molar-refractivity contribution in [3.63, 3.8) is 0 Å². The monoisotopic (exact) mass is 294 g/mol. The zero-order chi connectivity index (χ0) is 14.4. The highest BCUT2D eigenvalue weighted by Gasteiger charge is 2.35. The highest BCUT2D eigenvalue weighted by molar-refractivity contribution is 7.07. The Bertz CT molecular complexity index is 364. The first kappa shape index (κ1) is 16.0. The summed E-state index contributed by atoms with van der Waals surface area (Å²) in [6.45, 7) is 10.7. The van der Waals surface area contributed by atoms with Gasteiger partial charge in [-0.2, -0.15) is 11.3 Å². The van der Waals surface area contributed by atoms with E-state index in [0.29, 0.717) is 6.04 Å². The highest BCUT2D eigenvalue weighted by Crippen LogP contribution is 2.26. The van der Waals surface area contributed by atoms with E-state index in [-0.39, 0.29) is 5.54 Å². The Balaban J connectivity index is 2.08. The van der Waals surface area contributed by atoms with Gasteiger partial charge in [0.2, 0.25) is 0 Å². The third-order valence-corrected chi connectivity index (χ3v) is 5.48. The van der Waals surface area contributed by atoms with Gasteiger partial charge in [-0.3, -0.25) is 4.90 Å². The van der Waals surface area contributed by atoms with Crippen LogP contribution in [-0.4, -0.2) is 36.1 Å². The fraction of sp³-hybridized carbons (Fsp3) is 0.765. The van der Waals surface area contributed by atoms with Crippen LogP contribution >= 0.6 is 11.3 Å². The number of hydrogen-bond donors (Lipinski definition) is 1. The normalized spacial score (nSPS) is 19.8. The Morgan fingerprint density at radius 1 is 1.25 bits per heavy atom. The van der Waals surface area contributed by atoms with Gasteiger partial charge in [-0.15, -0.1) is 0 Å². The molecule has 1 atom stereocenters. The lowest BCUT2D eigenvalue weighted by Crippen LogP contribution is -2.58. The second-order valence-corrected chi connectivity index (χ2v) is 7.28. The van der Waals surface area contributed by atoms with Gasteiger partial charge in [-0.25, -0.2) is 0 Å². The molecule has 0 bridgehead atoms. The zero-order valence-electron chi connectivity index (χ0n) is 13.3. The van der Waals surface area contributed by atoms with Crippen molar-refractivity contribution in [1.82, 2.24) is 10.2 Å². The van der Waals surface area contributed by atoms with Crippen molar-refractivity contribution >= 4 is 11.3 Å². The standard InChI is InChI=1S/C17H30N2S/c1-4-18-16(13-15-9-12-20-14-15)17(2,3)19-10-7-5-6-8-11-19/h9,12,14,16,18H,4-8,10-11,13H2,1-3H3. The summed E-state index contributed by atoms with van der Waals surface area (Å²) in [6.07, 6.45) is 6.67. The second kappa shape index (κ2) is 7.58. The van der Waals surface area contributed by atoms with Crippen LogP contribution in [0.5, 0.6) is 0 Å². The summed E-state index contributed by atoms with van der Waals surface area (Å²) in [5, 5.41) is 8.23. The van der Waals surface area contributed by atoms with Crippen molar-refractivity contribution in [2.24, 2.45) is 0 Å². The molecule has 1 aliphatic rings. The lowest BCUT2D eigenvalue weighted by atomic mass is 9.87. The Hall–Kier alpha value is -0.380. The van der Waals surface area contributed by atoms with E-state index < -0.39 is 0 Å². The van der Waals surface area contributed by atoms with Gasteiger partial charge in [-0.1, -0.05) is 19.8 Å². The van der Waals surface area contributed by atoms with Crippen molar-refractivity contribution in [2.45, 2.75) is 64.5 Å². The summed E-state index contributed by atoms with van der Waals surface area (Å²) in [6, 6.07) is 2.80. The first-order valence-corrected chi connectivity index (χ1v) is 9.08. The highest BCUT2D eigenvalue weighted by atomic mass is 32.1. The molecule has 0 saturated carbocycles. The van der Waals surface area contributed by atoms with Crippen molar-refractivity contribution in [3.8, 4) is 0 Å². The molecule has 1 fully saturated rings. The molecule has 2 heterocycles. The minimum atomic E-state index is 0.224. The summed E-state index contributed by atoms with van der Waals surface area (Å²) in [5.41, 5.74) is 1.70. The predicted octanol–water partition coefficient (Wildman–Crippen LogP) is 3.92. The molecular formula is C17H30N2S. The molecule has 1 saturated heterocycles. The molecule has 2 nitrogen and oxygen atoms in total. The van der Waals surface area contributed by atoms with Crippen LogP contribution in [0.2, 0.25) is 0 Å². The third kappa shape index (κ3) is 4.06. The van der Waals surface area contributed by atoms with Gasteiger partial charge in [0.25, 0.3) is 0 Å². The van der Waals surface area contributed by atoms with Gasteiger partial charge in [0.15, 0.2) is 0 Å². The zero-order valence-corrected chi connectivity index (χ0v) is 14.1. The smallest absolute Gasteiger partial charge is 0.0309 e. The van der Waals surface area contributed by atoms with Crippen LogP contribution in [0.15, 0.2) is 16.8 Å². The number of nitrogens with zero attached hydrogens (tertiary/aromatic N) is 1. The molecule has 1 unspecified atom stereocenters. The van der Waals surface area contributed by atoms with Gasteiger partial charge < -0.3 is 5.32 Å². The maximum absolute atomic E-state index is 3.74. The van der Waals surface area contributed by atoms with E-state index in [1.807, 2.05) is 11.3 Å². The summed E-state index contributed by atoms with van der Waals surface area (Å²) in [5.74, 6) is 0. The summed E-state index contributed by atoms with van der Waals surface area (Å²) in [7, 11) is 0. The number of rotatable bonds is 6. The van der Waals surface area contributed by atoms with Crippen molar-refractivity contribution in [1.29, 1.82) is 0 Å². The Morgan fingerprint density at radius 2 is 1.95 bits per heavy atom. The summed E-state index contributed by atoms with van der Waals surface area (Å²) < 4.78 is 0. The Labute approximate surface area is 128 Å². The molecule has 1 N–H and O–H groups in total. The van der Waals surface area contributed by atoms with E-state index >= 15 is 0 Å². The molecule has 1 aromatic rings. The van der Waals surface area contributed by atoms with E-state index in [9.17, 15) is 0 Å². The topological polar surface area (TPSA) is 15.3 Å². The van der Waals surface area contributed by atoms with Crippen LogP contribution in [-0.2, 0) is 6.42 Å². The van der Waals surface area contributed by atoms with Gasteiger partial charge >= 0.3 is 0 Å². The quantitative estimate of drug-likeness (QED) is 0.855. The average Bonchev–Trinajstić information content (AvgIpc) is 2.77. The average molecular weight is 295 g/mol. The minimum absolute atomic E-state index is 0.224. The molecule has 0 amide bonds. The molecule has 3 heteroatoms. The van der Waals surface area contributed by atoms with Gasteiger partial charge in [0, 0.05) is 11.6 Å². The molecule has 114 valence electrons. The molecule has 20 heavy (non-hydrogen) atoms.